The number of nitrogens with two attached hydrogens (primary N) is 1. The number of carbonyl (C=O) groups excluding carboxylic acids is 2. The molecule has 5 heteroatoms. The Morgan fingerprint density at radius 1 is 1.20 bits per heavy atom. The minimum atomic E-state index is -0.726. The van der Waals surface area contributed by atoms with Gasteiger partial charge in [0.15, 0.2) is 0 Å². The van der Waals surface area contributed by atoms with Crippen LogP contribution in [0.2, 0.25) is 0 Å². The van der Waals surface area contributed by atoms with Crippen molar-refractivity contribution in [2.45, 2.75) is 32.1 Å². The molecule has 0 aliphatic heterocycles. The Labute approximate surface area is 88.7 Å². The number of hydrogen-bond acceptors (Lipinski definition) is 2. The fourth-order valence-corrected chi connectivity index (χ4v) is 3.05. The normalized spacial score (nSPS) is 32.7. The van der Waals surface area contributed by atoms with Gasteiger partial charge in [-0.25, -0.2) is 10.2 Å². The maximum absolute atomic E-state index is 11.4. The molecule has 3 amide bonds. The van der Waals surface area contributed by atoms with Crippen LogP contribution in [0.15, 0.2) is 0 Å². The molecule has 0 heterocycles. The van der Waals surface area contributed by atoms with E-state index < -0.39 is 6.03 Å². The molecule has 84 valence electrons. The Morgan fingerprint density at radius 3 is 2.53 bits per heavy atom. The van der Waals surface area contributed by atoms with Crippen molar-refractivity contribution in [1.29, 1.82) is 0 Å². The molecule has 3 unspecified atom stereocenters. The molecule has 4 N–H and O–H groups in total. The minimum absolute atomic E-state index is 0.133. The molecule has 2 saturated carbocycles. The first kappa shape index (κ1) is 10.3. The first-order valence-electron chi connectivity index (χ1n) is 5.49. The van der Waals surface area contributed by atoms with E-state index in [1.807, 2.05) is 0 Å². The van der Waals surface area contributed by atoms with Crippen molar-refractivity contribution in [3.63, 3.8) is 0 Å². The van der Waals surface area contributed by atoms with Crippen molar-refractivity contribution in [1.82, 2.24) is 10.9 Å². The van der Waals surface area contributed by atoms with Crippen LogP contribution in [-0.4, -0.2) is 11.9 Å². The topological polar surface area (TPSA) is 84.2 Å². The van der Waals surface area contributed by atoms with Crippen LogP contribution in [0.5, 0.6) is 0 Å². The molecule has 0 aromatic heterocycles. The molecule has 0 radical (unpaired) electrons. The Balaban J connectivity index is 1.73. The van der Waals surface area contributed by atoms with Gasteiger partial charge in [0.1, 0.15) is 0 Å². The highest BCUT2D eigenvalue weighted by atomic mass is 16.2. The number of urea groups is 1. The highest BCUT2D eigenvalue weighted by Crippen LogP contribution is 2.49. The maximum Gasteiger partial charge on any atom is 0.330 e. The molecule has 2 fully saturated rings. The average molecular weight is 211 g/mol. The third-order valence-electron chi connectivity index (χ3n) is 3.66. The van der Waals surface area contributed by atoms with Gasteiger partial charge in [0.05, 0.1) is 0 Å². The third kappa shape index (κ3) is 2.40. The highest BCUT2D eigenvalue weighted by Gasteiger charge is 2.40. The molecule has 2 bridgehead atoms. The van der Waals surface area contributed by atoms with E-state index in [-0.39, 0.29) is 5.91 Å². The van der Waals surface area contributed by atoms with Crippen molar-refractivity contribution in [2.75, 3.05) is 0 Å². The number of nitrogens with one attached hydrogen (secondary N) is 2. The van der Waals surface area contributed by atoms with Gasteiger partial charge in [0.2, 0.25) is 5.91 Å². The summed E-state index contributed by atoms with van der Waals surface area (Å²) < 4.78 is 0. The number of hydrogen-bond donors (Lipinski definition) is 3. The van der Waals surface area contributed by atoms with Gasteiger partial charge in [-0.05, 0) is 37.0 Å². The number of primary amides is 1. The molecule has 0 aromatic carbocycles. The molecular weight excluding hydrogens is 194 g/mol. The second-order valence-corrected chi connectivity index (χ2v) is 4.68. The quantitative estimate of drug-likeness (QED) is 0.581. The monoisotopic (exact) mass is 211 g/mol. The first-order valence-corrected chi connectivity index (χ1v) is 5.49. The Hall–Kier alpha value is -1.26. The summed E-state index contributed by atoms with van der Waals surface area (Å²) in [5, 5.41) is 0. The lowest BCUT2D eigenvalue weighted by atomic mass is 9.86. The van der Waals surface area contributed by atoms with E-state index in [4.69, 9.17) is 5.73 Å². The Bertz CT molecular complexity index is 280. The zero-order valence-electron chi connectivity index (χ0n) is 8.66. The molecule has 0 aromatic rings. The van der Waals surface area contributed by atoms with E-state index in [2.05, 4.69) is 10.9 Å². The van der Waals surface area contributed by atoms with Crippen molar-refractivity contribution >= 4 is 11.9 Å². The maximum atomic E-state index is 11.4. The van der Waals surface area contributed by atoms with Gasteiger partial charge in [-0.2, -0.15) is 0 Å². The molecule has 15 heavy (non-hydrogen) atoms. The number of carbonyl (C=O) groups is 2. The lowest BCUT2D eigenvalue weighted by Gasteiger charge is -2.20. The van der Waals surface area contributed by atoms with Crippen LogP contribution >= 0.6 is 0 Å². The van der Waals surface area contributed by atoms with Crippen LogP contribution in [0, 0.1) is 17.8 Å². The summed E-state index contributed by atoms with van der Waals surface area (Å²) in [6.07, 6.45) is 5.59. The third-order valence-corrected chi connectivity index (χ3v) is 3.66. The van der Waals surface area contributed by atoms with Gasteiger partial charge in [0, 0.05) is 6.42 Å². The summed E-state index contributed by atoms with van der Waals surface area (Å²) in [5.74, 6) is 1.95. The summed E-state index contributed by atoms with van der Waals surface area (Å²) in [6.45, 7) is 0. The minimum Gasteiger partial charge on any atom is -0.350 e. The van der Waals surface area contributed by atoms with Crippen LogP contribution < -0.4 is 16.6 Å². The zero-order chi connectivity index (χ0) is 10.8. The van der Waals surface area contributed by atoms with E-state index >= 15 is 0 Å². The van der Waals surface area contributed by atoms with E-state index in [0.29, 0.717) is 12.3 Å². The SMILES string of the molecule is NC(=O)NNC(=O)CC1CC2CCC1C2. The van der Waals surface area contributed by atoms with Crippen LogP contribution in [0.25, 0.3) is 0 Å². The lowest BCUT2D eigenvalue weighted by molar-refractivity contribution is -0.123. The van der Waals surface area contributed by atoms with Crippen molar-refractivity contribution in [2.24, 2.45) is 23.5 Å². The van der Waals surface area contributed by atoms with Gasteiger partial charge in [-0.15, -0.1) is 0 Å². The summed E-state index contributed by atoms with van der Waals surface area (Å²) in [7, 11) is 0. The first-order chi connectivity index (χ1) is 7.15. The largest absolute Gasteiger partial charge is 0.350 e. The predicted molar refractivity (Wildman–Crippen MR) is 54.4 cm³/mol. The molecule has 3 atom stereocenters. The second kappa shape index (κ2) is 4.08. The summed E-state index contributed by atoms with van der Waals surface area (Å²) >= 11 is 0. The van der Waals surface area contributed by atoms with Crippen molar-refractivity contribution in [3.05, 3.63) is 0 Å². The molecule has 2 aliphatic carbocycles. The Kier molecular flexibility index (Phi) is 2.79. The van der Waals surface area contributed by atoms with Gasteiger partial charge >= 0.3 is 6.03 Å². The average Bonchev–Trinajstić information content (AvgIpc) is 2.76. The van der Waals surface area contributed by atoms with Gasteiger partial charge in [-0.1, -0.05) is 6.42 Å². The van der Waals surface area contributed by atoms with Gasteiger partial charge in [0.25, 0.3) is 0 Å². The summed E-state index contributed by atoms with van der Waals surface area (Å²) in [4.78, 5) is 21.8. The molecule has 0 spiro atoms. The van der Waals surface area contributed by atoms with Crippen LogP contribution in [-0.2, 0) is 4.79 Å². The molecular formula is C10H17N3O2. The van der Waals surface area contributed by atoms with Gasteiger partial charge in [-0.3, -0.25) is 10.2 Å². The fraction of sp³-hybridized carbons (Fsp3) is 0.800. The standard InChI is InChI=1S/C10H17N3O2/c11-10(15)13-12-9(14)5-8-4-6-1-2-7(8)3-6/h6-8H,1-5H2,(H,12,14)(H3,11,13,15). The van der Waals surface area contributed by atoms with E-state index in [9.17, 15) is 9.59 Å². The van der Waals surface area contributed by atoms with E-state index in [1.165, 1.54) is 25.7 Å². The van der Waals surface area contributed by atoms with Crippen molar-refractivity contribution in [3.8, 4) is 0 Å². The van der Waals surface area contributed by atoms with Gasteiger partial charge < -0.3 is 5.73 Å². The van der Waals surface area contributed by atoms with Crippen molar-refractivity contribution < 1.29 is 9.59 Å². The number of amides is 3. The Morgan fingerprint density at radius 2 is 2.00 bits per heavy atom. The summed E-state index contributed by atoms with van der Waals surface area (Å²) in [6, 6.07) is -0.726. The summed E-state index contributed by atoms with van der Waals surface area (Å²) in [5.41, 5.74) is 9.25. The predicted octanol–water partition coefficient (Wildman–Crippen LogP) is 0.512. The smallest absolute Gasteiger partial charge is 0.330 e. The van der Waals surface area contributed by atoms with Crippen LogP contribution in [0.1, 0.15) is 32.1 Å². The lowest BCUT2D eigenvalue weighted by Crippen LogP contribution is -2.45. The molecule has 2 rings (SSSR count). The van der Waals surface area contributed by atoms with Crippen LogP contribution in [0.4, 0.5) is 4.79 Å². The highest BCUT2D eigenvalue weighted by molar-refractivity contribution is 5.80. The van der Waals surface area contributed by atoms with Crippen LogP contribution in [0.3, 0.4) is 0 Å². The van der Waals surface area contributed by atoms with E-state index in [1.54, 1.807) is 0 Å². The zero-order valence-corrected chi connectivity index (χ0v) is 8.66. The number of hydrazine groups is 1. The molecule has 5 nitrogen and oxygen atoms in total. The molecule has 2 aliphatic rings. The molecule has 0 saturated heterocycles. The van der Waals surface area contributed by atoms with E-state index in [0.717, 1.165) is 11.8 Å². The fourth-order valence-electron chi connectivity index (χ4n) is 3.05. The number of rotatable bonds is 2. The second-order valence-electron chi connectivity index (χ2n) is 4.68. The number of fused-ring (bicyclic) bond motifs is 2.